The van der Waals surface area contributed by atoms with Gasteiger partial charge in [-0.25, -0.2) is 13.2 Å². The van der Waals surface area contributed by atoms with Crippen molar-refractivity contribution >= 4 is 11.8 Å². The molecule has 1 aliphatic heterocycles. The zero-order chi connectivity index (χ0) is 19.8. The zero-order valence-electron chi connectivity index (χ0n) is 15.1. The van der Waals surface area contributed by atoms with Gasteiger partial charge in [-0.2, -0.15) is 0 Å². The number of carbonyl (C=O) groups is 2. The quantitative estimate of drug-likeness (QED) is 0.810. The Hall–Kier alpha value is -2.83. The van der Waals surface area contributed by atoms with Crippen LogP contribution in [0.1, 0.15) is 28.3 Å². The van der Waals surface area contributed by atoms with Crippen molar-refractivity contribution in [2.45, 2.75) is 12.3 Å². The second kappa shape index (κ2) is 7.30. The predicted molar refractivity (Wildman–Crippen MR) is 96.1 cm³/mol. The van der Waals surface area contributed by atoms with Gasteiger partial charge in [-0.15, -0.1) is 0 Å². The first-order valence-corrected chi connectivity index (χ1v) is 9.23. The molecule has 2 atom stereocenters. The maximum absolute atomic E-state index is 13.8. The highest BCUT2D eigenvalue weighted by Crippen LogP contribution is 2.48. The van der Waals surface area contributed by atoms with E-state index in [0.717, 1.165) is 24.1 Å². The molecule has 0 unspecified atom stereocenters. The second-order valence-corrected chi connectivity index (χ2v) is 7.21. The summed E-state index contributed by atoms with van der Waals surface area (Å²) in [6.07, 6.45) is 0.726. The number of nitrogens with zero attached hydrogens (tertiary/aromatic N) is 2. The molecule has 146 valence electrons. The van der Waals surface area contributed by atoms with Crippen molar-refractivity contribution < 1.29 is 22.8 Å². The third-order valence-electron chi connectivity index (χ3n) is 5.46. The second-order valence-electron chi connectivity index (χ2n) is 7.21. The number of piperazine rings is 1. The standard InChI is InChI=1S/C21H19F3N2O2/c22-14-6-4-13(5-7-14)15-12-16(15)20(27)25-8-10-26(11-9-25)21(28)19-17(23)2-1-3-18(19)24/h1-7,15-16H,8-12H2/t15-,16-/m0/s1. The van der Waals surface area contributed by atoms with Crippen LogP contribution in [-0.4, -0.2) is 47.8 Å². The van der Waals surface area contributed by atoms with Gasteiger partial charge in [-0.1, -0.05) is 18.2 Å². The van der Waals surface area contributed by atoms with Crippen LogP contribution in [0.2, 0.25) is 0 Å². The number of carbonyl (C=O) groups excluding carboxylic acids is 2. The molecule has 4 nitrogen and oxygen atoms in total. The van der Waals surface area contributed by atoms with Crippen LogP contribution in [0, 0.1) is 23.4 Å². The summed E-state index contributed by atoms with van der Waals surface area (Å²) in [6.45, 7) is 1.11. The van der Waals surface area contributed by atoms with E-state index in [2.05, 4.69) is 0 Å². The lowest BCUT2D eigenvalue weighted by Gasteiger charge is -2.35. The fourth-order valence-corrected chi connectivity index (χ4v) is 3.77. The molecule has 2 aromatic carbocycles. The lowest BCUT2D eigenvalue weighted by molar-refractivity contribution is -0.134. The van der Waals surface area contributed by atoms with Gasteiger partial charge in [0, 0.05) is 32.1 Å². The van der Waals surface area contributed by atoms with Crippen LogP contribution in [0.25, 0.3) is 0 Å². The molecule has 7 heteroatoms. The highest BCUT2D eigenvalue weighted by atomic mass is 19.1. The molecule has 4 rings (SSSR count). The average molecular weight is 388 g/mol. The zero-order valence-corrected chi connectivity index (χ0v) is 15.1. The molecule has 28 heavy (non-hydrogen) atoms. The number of benzene rings is 2. The van der Waals surface area contributed by atoms with E-state index in [9.17, 15) is 22.8 Å². The summed E-state index contributed by atoms with van der Waals surface area (Å²) in [7, 11) is 0. The molecule has 0 aromatic heterocycles. The van der Waals surface area contributed by atoms with Gasteiger partial charge in [0.15, 0.2) is 0 Å². The molecular weight excluding hydrogens is 369 g/mol. The van der Waals surface area contributed by atoms with Crippen LogP contribution >= 0.6 is 0 Å². The Labute approximate surface area is 160 Å². The summed E-state index contributed by atoms with van der Waals surface area (Å²) in [5.41, 5.74) is 0.393. The van der Waals surface area contributed by atoms with Gasteiger partial charge in [-0.05, 0) is 42.2 Å². The molecule has 2 aliphatic rings. The molecule has 2 aromatic rings. The SMILES string of the molecule is O=C(c1c(F)cccc1F)N1CCN(C(=O)[C@H]2C[C@H]2c2ccc(F)cc2)CC1. The molecule has 2 amide bonds. The van der Waals surface area contributed by atoms with Crippen molar-refractivity contribution in [2.24, 2.45) is 5.92 Å². The van der Waals surface area contributed by atoms with Crippen LogP contribution in [0.15, 0.2) is 42.5 Å². The topological polar surface area (TPSA) is 40.6 Å². The number of amides is 2. The van der Waals surface area contributed by atoms with E-state index in [0.29, 0.717) is 13.1 Å². The average Bonchev–Trinajstić information content (AvgIpc) is 3.49. The van der Waals surface area contributed by atoms with Crippen LogP contribution in [0.3, 0.4) is 0 Å². The first kappa shape index (κ1) is 18.5. The van der Waals surface area contributed by atoms with Gasteiger partial charge in [0.25, 0.3) is 5.91 Å². The van der Waals surface area contributed by atoms with E-state index in [-0.39, 0.29) is 36.6 Å². The van der Waals surface area contributed by atoms with E-state index < -0.39 is 23.1 Å². The highest BCUT2D eigenvalue weighted by molar-refractivity contribution is 5.95. The Kier molecular flexibility index (Phi) is 4.83. The molecule has 1 aliphatic carbocycles. The minimum absolute atomic E-state index is 0.0125. The van der Waals surface area contributed by atoms with E-state index >= 15 is 0 Å². The molecular formula is C21H19F3N2O2. The van der Waals surface area contributed by atoms with Crippen molar-refractivity contribution in [1.29, 1.82) is 0 Å². The van der Waals surface area contributed by atoms with Crippen molar-refractivity contribution in [2.75, 3.05) is 26.2 Å². The molecule has 1 heterocycles. The van der Waals surface area contributed by atoms with Gasteiger partial charge < -0.3 is 9.80 Å². The van der Waals surface area contributed by atoms with Crippen molar-refractivity contribution in [3.8, 4) is 0 Å². The Morgan fingerprint density at radius 2 is 1.39 bits per heavy atom. The van der Waals surface area contributed by atoms with Gasteiger partial charge in [0.2, 0.25) is 5.91 Å². The smallest absolute Gasteiger partial charge is 0.259 e. The fourth-order valence-electron chi connectivity index (χ4n) is 3.77. The van der Waals surface area contributed by atoms with E-state index in [1.165, 1.54) is 23.1 Å². The van der Waals surface area contributed by atoms with Gasteiger partial charge in [0.1, 0.15) is 23.0 Å². The molecule has 1 saturated carbocycles. The molecule has 1 saturated heterocycles. The summed E-state index contributed by atoms with van der Waals surface area (Å²) in [4.78, 5) is 28.2. The van der Waals surface area contributed by atoms with Crippen LogP contribution in [0.4, 0.5) is 13.2 Å². The molecule has 0 spiro atoms. The number of hydrogen-bond acceptors (Lipinski definition) is 2. The fraction of sp³-hybridized carbons (Fsp3) is 0.333. The normalized spacial score (nSPS) is 21.5. The Morgan fingerprint density at radius 3 is 2.00 bits per heavy atom. The van der Waals surface area contributed by atoms with E-state index in [4.69, 9.17) is 0 Å². The summed E-state index contributed by atoms with van der Waals surface area (Å²) in [5.74, 6) is -2.79. The number of rotatable bonds is 3. The largest absolute Gasteiger partial charge is 0.339 e. The third kappa shape index (κ3) is 3.48. The monoisotopic (exact) mass is 388 g/mol. The Bertz CT molecular complexity index is 888. The Morgan fingerprint density at radius 1 is 0.821 bits per heavy atom. The predicted octanol–water partition coefficient (Wildman–Crippen LogP) is 3.19. The van der Waals surface area contributed by atoms with Gasteiger partial charge in [-0.3, -0.25) is 9.59 Å². The van der Waals surface area contributed by atoms with E-state index in [1.54, 1.807) is 17.0 Å². The molecule has 0 N–H and O–H groups in total. The third-order valence-corrected chi connectivity index (χ3v) is 5.46. The molecule has 0 bridgehead atoms. The van der Waals surface area contributed by atoms with Gasteiger partial charge in [0.05, 0.1) is 0 Å². The van der Waals surface area contributed by atoms with Crippen molar-refractivity contribution in [3.05, 3.63) is 71.0 Å². The maximum Gasteiger partial charge on any atom is 0.259 e. The summed E-state index contributed by atoms with van der Waals surface area (Å²) >= 11 is 0. The van der Waals surface area contributed by atoms with E-state index in [1.807, 2.05) is 0 Å². The maximum atomic E-state index is 13.8. The molecule has 2 fully saturated rings. The lowest BCUT2D eigenvalue weighted by Crippen LogP contribution is -2.51. The number of halogens is 3. The first-order valence-electron chi connectivity index (χ1n) is 9.23. The van der Waals surface area contributed by atoms with Crippen LogP contribution in [-0.2, 0) is 4.79 Å². The minimum atomic E-state index is -0.886. The molecule has 0 radical (unpaired) electrons. The summed E-state index contributed by atoms with van der Waals surface area (Å²) in [6, 6.07) is 9.51. The first-order chi connectivity index (χ1) is 13.5. The van der Waals surface area contributed by atoms with Crippen LogP contribution < -0.4 is 0 Å². The summed E-state index contributed by atoms with van der Waals surface area (Å²) < 4.78 is 40.7. The minimum Gasteiger partial charge on any atom is -0.339 e. The van der Waals surface area contributed by atoms with Crippen LogP contribution in [0.5, 0.6) is 0 Å². The Balaban J connectivity index is 1.35. The van der Waals surface area contributed by atoms with Crippen molar-refractivity contribution in [1.82, 2.24) is 9.80 Å². The lowest BCUT2D eigenvalue weighted by atomic mass is 10.1. The summed E-state index contributed by atoms with van der Waals surface area (Å²) in [5, 5.41) is 0. The van der Waals surface area contributed by atoms with Crippen molar-refractivity contribution in [3.63, 3.8) is 0 Å². The van der Waals surface area contributed by atoms with Gasteiger partial charge >= 0.3 is 0 Å². The highest BCUT2D eigenvalue weighted by Gasteiger charge is 2.46. The number of hydrogen-bond donors (Lipinski definition) is 0.